The maximum Gasteiger partial charge on any atom is 0.239 e. The summed E-state index contributed by atoms with van der Waals surface area (Å²) in [7, 11) is 1.83. The number of carbonyl (C=O) groups excluding carboxylic acids is 1. The number of aliphatic hydroxyl groups excluding tert-OH is 1. The highest BCUT2D eigenvalue weighted by Crippen LogP contribution is 2.20. The first-order chi connectivity index (χ1) is 7.18. The molecule has 1 aliphatic carbocycles. The van der Waals surface area contributed by atoms with Crippen LogP contribution in [0.15, 0.2) is 0 Å². The number of hydrogen-bond acceptors (Lipinski definition) is 3. The lowest BCUT2D eigenvalue weighted by Gasteiger charge is -2.30. The Morgan fingerprint density at radius 3 is 2.67 bits per heavy atom. The number of rotatable bonds is 2. The van der Waals surface area contributed by atoms with Crippen LogP contribution in [0, 0.1) is 0 Å². The molecule has 1 heterocycles. The molecule has 1 aliphatic heterocycles. The molecular formula is C11H20N2O2. The molecule has 0 spiro atoms. The molecule has 1 amide bonds. The number of aliphatic hydroxyl groups is 1. The minimum absolute atomic E-state index is 0.0623. The summed E-state index contributed by atoms with van der Waals surface area (Å²) >= 11 is 0. The van der Waals surface area contributed by atoms with E-state index in [0.29, 0.717) is 0 Å². The van der Waals surface area contributed by atoms with E-state index in [9.17, 15) is 9.90 Å². The lowest BCUT2D eigenvalue weighted by Crippen LogP contribution is -2.49. The fraction of sp³-hybridized carbons (Fsp3) is 0.909. The van der Waals surface area contributed by atoms with Crippen molar-refractivity contribution in [1.29, 1.82) is 0 Å². The van der Waals surface area contributed by atoms with Crippen LogP contribution in [0.2, 0.25) is 0 Å². The second kappa shape index (κ2) is 4.49. The van der Waals surface area contributed by atoms with Gasteiger partial charge in [-0.2, -0.15) is 0 Å². The van der Waals surface area contributed by atoms with Crippen LogP contribution in [0.4, 0.5) is 0 Å². The van der Waals surface area contributed by atoms with Crippen molar-refractivity contribution in [3.05, 3.63) is 0 Å². The largest absolute Gasteiger partial charge is 0.392 e. The first kappa shape index (κ1) is 10.9. The second-order valence-corrected chi connectivity index (χ2v) is 4.73. The summed E-state index contributed by atoms with van der Waals surface area (Å²) in [5, 5.41) is 13.1. The van der Waals surface area contributed by atoms with Gasteiger partial charge in [0.1, 0.15) is 0 Å². The van der Waals surface area contributed by atoms with Gasteiger partial charge in [-0.3, -0.25) is 4.79 Å². The molecule has 4 nitrogen and oxygen atoms in total. The van der Waals surface area contributed by atoms with Crippen molar-refractivity contribution < 1.29 is 9.90 Å². The van der Waals surface area contributed by atoms with Crippen LogP contribution in [-0.4, -0.2) is 47.7 Å². The second-order valence-electron chi connectivity index (χ2n) is 4.73. The Labute approximate surface area is 90.6 Å². The van der Waals surface area contributed by atoms with E-state index < -0.39 is 0 Å². The highest BCUT2D eigenvalue weighted by Gasteiger charge is 2.33. The average Bonchev–Trinajstić information content (AvgIpc) is 2.53. The molecule has 15 heavy (non-hydrogen) atoms. The van der Waals surface area contributed by atoms with Crippen molar-refractivity contribution in [1.82, 2.24) is 10.2 Å². The van der Waals surface area contributed by atoms with Crippen molar-refractivity contribution in [3.8, 4) is 0 Å². The van der Waals surface area contributed by atoms with Gasteiger partial charge in [-0.25, -0.2) is 0 Å². The van der Waals surface area contributed by atoms with Gasteiger partial charge in [0, 0.05) is 19.6 Å². The Bertz CT molecular complexity index is 245. The van der Waals surface area contributed by atoms with Crippen LogP contribution < -0.4 is 5.32 Å². The quantitative estimate of drug-likeness (QED) is 0.683. The van der Waals surface area contributed by atoms with E-state index in [1.165, 1.54) is 0 Å². The summed E-state index contributed by atoms with van der Waals surface area (Å²) in [6, 6.07) is 0.0620. The fourth-order valence-electron chi connectivity index (χ4n) is 2.54. The smallest absolute Gasteiger partial charge is 0.239 e. The van der Waals surface area contributed by atoms with E-state index in [-0.39, 0.29) is 24.1 Å². The molecule has 86 valence electrons. The van der Waals surface area contributed by atoms with Gasteiger partial charge in [-0.15, -0.1) is 0 Å². The summed E-state index contributed by atoms with van der Waals surface area (Å²) < 4.78 is 0. The molecule has 0 radical (unpaired) electrons. The van der Waals surface area contributed by atoms with Gasteiger partial charge < -0.3 is 15.3 Å². The first-order valence-corrected chi connectivity index (χ1v) is 5.87. The van der Waals surface area contributed by atoms with E-state index >= 15 is 0 Å². The molecule has 3 atom stereocenters. The fourth-order valence-corrected chi connectivity index (χ4v) is 2.54. The Hall–Kier alpha value is -0.610. The topological polar surface area (TPSA) is 52.6 Å². The van der Waals surface area contributed by atoms with Crippen molar-refractivity contribution in [2.24, 2.45) is 0 Å². The summed E-state index contributed by atoms with van der Waals surface area (Å²) in [4.78, 5) is 13.4. The highest BCUT2D eigenvalue weighted by atomic mass is 16.3. The standard InChI is InChI=1S/C11H20N2O2/c1-13-7-6-9(11(13)15)12-8-4-2-3-5-10(8)14/h8-10,12,14H,2-7H2,1H3. The minimum atomic E-state index is -0.266. The molecule has 1 saturated carbocycles. The Morgan fingerprint density at radius 1 is 1.33 bits per heavy atom. The van der Waals surface area contributed by atoms with Crippen LogP contribution >= 0.6 is 0 Å². The third-order valence-electron chi connectivity index (χ3n) is 3.57. The van der Waals surface area contributed by atoms with Crippen LogP contribution in [0.25, 0.3) is 0 Å². The summed E-state index contributed by atoms with van der Waals surface area (Å²) in [5.74, 6) is 0.174. The van der Waals surface area contributed by atoms with E-state index in [1.54, 1.807) is 4.90 Å². The monoisotopic (exact) mass is 212 g/mol. The number of nitrogens with zero attached hydrogens (tertiary/aromatic N) is 1. The van der Waals surface area contributed by atoms with Crippen molar-refractivity contribution in [2.75, 3.05) is 13.6 Å². The Balaban J connectivity index is 1.88. The lowest BCUT2D eigenvalue weighted by atomic mass is 9.92. The highest BCUT2D eigenvalue weighted by molar-refractivity contribution is 5.83. The Kier molecular flexibility index (Phi) is 3.26. The SMILES string of the molecule is CN1CCC(NC2CCCCC2O)C1=O. The molecule has 0 aromatic rings. The van der Waals surface area contributed by atoms with Crippen LogP contribution in [-0.2, 0) is 4.79 Å². The van der Waals surface area contributed by atoms with Crippen molar-refractivity contribution in [2.45, 2.75) is 50.3 Å². The molecule has 2 aliphatic rings. The molecule has 4 heteroatoms. The zero-order valence-corrected chi connectivity index (χ0v) is 9.28. The number of nitrogens with one attached hydrogen (secondary N) is 1. The van der Waals surface area contributed by atoms with Crippen molar-refractivity contribution >= 4 is 5.91 Å². The van der Waals surface area contributed by atoms with Crippen LogP contribution in [0.3, 0.4) is 0 Å². The van der Waals surface area contributed by atoms with E-state index in [2.05, 4.69) is 5.32 Å². The summed E-state index contributed by atoms with van der Waals surface area (Å²) in [5.41, 5.74) is 0. The van der Waals surface area contributed by atoms with Crippen molar-refractivity contribution in [3.63, 3.8) is 0 Å². The number of carbonyl (C=O) groups is 1. The molecule has 2 rings (SSSR count). The number of likely N-dealkylation sites (N-methyl/N-ethyl adjacent to an activating group) is 1. The van der Waals surface area contributed by atoms with Gasteiger partial charge >= 0.3 is 0 Å². The zero-order valence-electron chi connectivity index (χ0n) is 9.28. The lowest BCUT2D eigenvalue weighted by molar-refractivity contribution is -0.128. The predicted molar refractivity (Wildman–Crippen MR) is 57.4 cm³/mol. The van der Waals surface area contributed by atoms with Gasteiger partial charge in [-0.1, -0.05) is 12.8 Å². The third-order valence-corrected chi connectivity index (χ3v) is 3.57. The van der Waals surface area contributed by atoms with E-state index in [1.807, 2.05) is 7.05 Å². The average molecular weight is 212 g/mol. The molecular weight excluding hydrogens is 192 g/mol. The third kappa shape index (κ3) is 2.32. The summed E-state index contributed by atoms with van der Waals surface area (Å²) in [6.45, 7) is 0.833. The van der Waals surface area contributed by atoms with Gasteiger partial charge in [0.15, 0.2) is 0 Å². The predicted octanol–water partition coefficient (Wildman–Crippen LogP) is 0.110. The maximum absolute atomic E-state index is 11.7. The molecule has 2 fully saturated rings. The number of amides is 1. The van der Waals surface area contributed by atoms with E-state index in [4.69, 9.17) is 0 Å². The molecule has 3 unspecified atom stereocenters. The minimum Gasteiger partial charge on any atom is -0.392 e. The van der Waals surface area contributed by atoms with Gasteiger partial charge in [0.2, 0.25) is 5.91 Å². The molecule has 0 aromatic heterocycles. The number of likely N-dealkylation sites (tertiary alicyclic amines) is 1. The van der Waals surface area contributed by atoms with Crippen LogP contribution in [0.5, 0.6) is 0 Å². The van der Waals surface area contributed by atoms with Crippen LogP contribution in [0.1, 0.15) is 32.1 Å². The molecule has 2 N–H and O–H groups in total. The van der Waals surface area contributed by atoms with E-state index in [0.717, 1.165) is 38.6 Å². The van der Waals surface area contributed by atoms with Gasteiger partial charge in [0.25, 0.3) is 0 Å². The molecule has 0 bridgehead atoms. The molecule has 1 saturated heterocycles. The summed E-state index contributed by atoms with van der Waals surface area (Å²) in [6.07, 6.45) is 4.74. The zero-order chi connectivity index (χ0) is 10.8. The molecule has 0 aromatic carbocycles. The first-order valence-electron chi connectivity index (χ1n) is 5.87. The maximum atomic E-state index is 11.7. The van der Waals surface area contributed by atoms with Gasteiger partial charge in [0.05, 0.1) is 12.1 Å². The Morgan fingerprint density at radius 2 is 2.07 bits per heavy atom. The number of hydrogen-bond donors (Lipinski definition) is 2. The van der Waals surface area contributed by atoms with Gasteiger partial charge in [-0.05, 0) is 19.3 Å². The normalized spacial score (nSPS) is 37.3.